The van der Waals surface area contributed by atoms with Crippen LogP contribution in [0, 0.1) is 13.8 Å². The van der Waals surface area contributed by atoms with Crippen LogP contribution in [0.1, 0.15) is 16.8 Å². The number of anilines is 1. The molecular formula is C14H16N2O. The number of nitrogens with zero attached hydrogens (tertiary/aromatic N) is 1. The normalized spacial score (nSPS) is 10.2. The summed E-state index contributed by atoms with van der Waals surface area (Å²) in [4.78, 5) is 4.18. The summed E-state index contributed by atoms with van der Waals surface area (Å²) in [6, 6.07) is 9.65. The van der Waals surface area contributed by atoms with E-state index < -0.39 is 0 Å². The molecular weight excluding hydrogens is 212 g/mol. The molecule has 2 N–H and O–H groups in total. The van der Waals surface area contributed by atoms with Gasteiger partial charge in [0.15, 0.2) is 0 Å². The number of ether oxygens (including phenoxy) is 1. The zero-order valence-corrected chi connectivity index (χ0v) is 10.1. The first-order chi connectivity index (χ1) is 8.18. The summed E-state index contributed by atoms with van der Waals surface area (Å²) in [6.45, 7) is 4.44. The lowest BCUT2D eigenvalue weighted by Crippen LogP contribution is -2.03. The van der Waals surface area contributed by atoms with Gasteiger partial charge in [0, 0.05) is 17.4 Å². The van der Waals surface area contributed by atoms with E-state index in [1.165, 1.54) is 0 Å². The van der Waals surface area contributed by atoms with Crippen molar-refractivity contribution in [1.82, 2.24) is 4.98 Å². The lowest BCUT2D eigenvalue weighted by molar-refractivity contribution is 0.302. The first-order valence-corrected chi connectivity index (χ1v) is 5.57. The minimum absolute atomic E-state index is 0.477. The van der Waals surface area contributed by atoms with Crippen molar-refractivity contribution >= 4 is 5.69 Å². The molecule has 2 rings (SSSR count). The Morgan fingerprint density at radius 1 is 1.18 bits per heavy atom. The van der Waals surface area contributed by atoms with Crippen LogP contribution in [-0.4, -0.2) is 4.98 Å². The number of hydrogen-bond donors (Lipinski definition) is 1. The van der Waals surface area contributed by atoms with Crippen molar-refractivity contribution in [2.45, 2.75) is 20.5 Å². The fourth-order valence-electron chi connectivity index (χ4n) is 1.69. The summed E-state index contributed by atoms with van der Waals surface area (Å²) in [6.07, 6.45) is 1.75. The second-order valence-corrected chi connectivity index (χ2v) is 4.02. The molecule has 0 bridgehead atoms. The van der Waals surface area contributed by atoms with Crippen LogP contribution in [0.2, 0.25) is 0 Å². The van der Waals surface area contributed by atoms with Crippen LogP contribution < -0.4 is 10.5 Å². The minimum atomic E-state index is 0.477. The molecule has 0 spiro atoms. The first-order valence-electron chi connectivity index (χ1n) is 5.57. The van der Waals surface area contributed by atoms with E-state index in [-0.39, 0.29) is 0 Å². The molecule has 1 aromatic carbocycles. The Kier molecular flexibility index (Phi) is 3.28. The van der Waals surface area contributed by atoms with Gasteiger partial charge in [0.05, 0.1) is 5.69 Å². The summed E-state index contributed by atoms with van der Waals surface area (Å²) < 4.78 is 5.74. The van der Waals surface area contributed by atoms with Gasteiger partial charge in [-0.15, -0.1) is 0 Å². The summed E-state index contributed by atoms with van der Waals surface area (Å²) in [5.74, 6) is 0.801. The van der Waals surface area contributed by atoms with E-state index in [9.17, 15) is 0 Å². The van der Waals surface area contributed by atoms with Crippen molar-refractivity contribution in [1.29, 1.82) is 0 Å². The molecule has 0 aliphatic rings. The Hall–Kier alpha value is -2.03. The van der Waals surface area contributed by atoms with E-state index in [1.807, 2.05) is 44.2 Å². The highest BCUT2D eigenvalue weighted by atomic mass is 16.5. The Balaban J connectivity index is 2.16. The number of aryl methyl sites for hydroxylation is 2. The summed E-state index contributed by atoms with van der Waals surface area (Å²) in [5, 5.41) is 0. The quantitative estimate of drug-likeness (QED) is 0.822. The lowest BCUT2D eigenvalue weighted by Gasteiger charge is -2.12. The highest BCUT2D eigenvalue weighted by molar-refractivity contribution is 5.50. The maximum Gasteiger partial charge on any atom is 0.141 e. The number of hydrogen-bond acceptors (Lipinski definition) is 3. The Labute approximate surface area is 101 Å². The van der Waals surface area contributed by atoms with Gasteiger partial charge >= 0.3 is 0 Å². The Morgan fingerprint density at radius 3 is 2.71 bits per heavy atom. The van der Waals surface area contributed by atoms with Crippen molar-refractivity contribution in [3.63, 3.8) is 0 Å². The molecule has 0 unspecified atom stereocenters. The van der Waals surface area contributed by atoms with Crippen LogP contribution in [0.4, 0.5) is 5.69 Å². The van der Waals surface area contributed by atoms with E-state index in [0.717, 1.165) is 28.3 Å². The van der Waals surface area contributed by atoms with Crippen LogP contribution >= 0.6 is 0 Å². The summed E-state index contributed by atoms with van der Waals surface area (Å²) in [5.41, 5.74) is 9.77. The van der Waals surface area contributed by atoms with Crippen LogP contribution in [0.15, 0.2) is 36.5 Å². The van der Waals surface area contributed by atoms with Crippen molar-refractivity contribution in [3.8, 4) is 5.75 Å². The predicted molar refractivity (Wildman–Crippen MR) is 68.9 cm³/mol. The number of aromatic nitrogens is 1. The van der Waals surface area contributed by atoms with Crippen molar-refractivity contribution in [3.05, 3.63) is 53.3 Å². The highest BCUT2D eigenvalue weighted by Crippen LogP contribution is 2.20. The summed E-state index contributed by atoms with van der Waals surface area (Å²) >= 11 is 0. The molecule has 0 aliphatic heterocycles. The fraction of sp³-hybridized carbons (Fsp3) is 0.214. The molecule has 0 saturated carbocycles. The topological polar surface area (TPSA) is 48.1 Å². The SMILES string of the molecule is Cc1cccc(N)c1COc1cccnc1C. The molecule has 0 aliphatic carbocycles. The van der Waals surface area contributed by atoms with Gasteiger partial charge in [-0.05, 0) is 37.6 Å². The third kappa shape index (κ3) is 2.56. The van der Waals surface area contributed by atoms with Gasteiger partial charge in [-0.2, -0.15) is 0 Å². The zero-order valence-electron chi connectivity index (χ0n) is 10.1. The standard InChI is InChI=1S/C14H16N2O/c1-10-5-3-6-13(15)12(10)9-17-14-7-4-8-16-11(14)2/h3-8H,9,15H2,1-2H3. The molecule has 3 heteroatoms. The van der Waals surface area contributed by atoms with Gasteiger partial charge in [-0.3, -0.25) is 4.98 Å². The van der Waals surface area contributed by atoms with E-state index in [4.69, 9.17) is 10.5 Å². The number of pyridine rings is 1. The van der Waals surface area contributed by atoms with Crippen molar-refractivity contribution < 1.29 is 4.74 Å². The van der Waals surface area contributed by atoms with E-state index in [2.05, 4.69) is 4.98 Å². The maximum atomic E-state index is 5.93. The second kappa shape index (κ2) is 4.87. The van der Waals surface area contributed by atoms with Gasteiger partial charge in [-0.25, -0.2) is 0 Å². The van der Waals surface area contributed by atoms with E-state index >= 15 is 0 Å². The molecule has 0 fully saturated rings. The van der Waals surface area contributed by atoms with Crippen molar-refractivity contribution in [2.24, 2.45) is 0 Å². The van der Waals surface area contributed by atoms with Crippen LogP contribution in [0.25, 0.3) is 0 Å². The summed E-state index contributed by atoms with van der Waals surface area (Å²) in [7, 11) is 0. The molecule has 0 radical (unpaired) electrons. The molecule has 0 amide bonds. The van der Waals surface area contributed by atoms with E-state index in [1.54, 1.807) is 6.20 Å². The Morgan fingerprint density at radius 2 is 2.00 bits per heavy atom. The molecule has 3 nitrogen and oxygen atoms in total. The van der Waals surface area contributed by atoms with Gasteiger partial charge in [0.25, 0.3) is 0 Å². The molecule has 1 aromatic heterocycles. The fourth-order valence-corrected chi connectivity index (χ4v) is 1.69. The maximum absolute atomic E-state index is 5.93. The van der Waals surface area contributed by atoms with Gasteiger partial charge in [0.1, 0.15) is 12.4 Å². The smallest absolute Gasteiger partial charge is 0.141 e. The van der Waals surface area contributed by atoms with E-state index in [0.29, 0.717) is 6.61 Å². The third-order valence-corrected chi connectivity index (χ3v) is 2.78. The number of nitrogen functional groups attached to an aromatic ring is 1. The predicted octanol–water partition coefficient (Wildman–Crippen LogP) is 2.86. The minimum Gasteiger partial charge on any atom is -0.487 e. The largest absolute Gasteiger partial charge is 0.487 e. The Bertz CT molecular complexity index is 503. The van der Waals surface area contributed by atoms with Crippen molar-refractivity contribution in [2.75, 3.05) is 5.73 Å². The molecule has 2 aromatic rings. The molecule has 17 heavy (non-hydrogen) atoms. The monoisotopic (exact) mass is 228 g/mol. The van der Waals surface area contributed by atoms with Gasteiger partial charge in [0.2, 0.25) is 0 Å². The molecule has 0 saturated heterocycles. The molecule has 0 atom stereocenters. The van der Waals surface area contributed by atoms with Gasteiger partial charge < -0.3 is 10.5 Å². The zero-order chi connectivity index (χ0) is 12.3. The lowest BCUT2D eigenvalue weighted by atomic mass is 10.1. The number of nitrogens with two attached hydrogens (primary N) is 1. The number of rotatable bonds is 3. The number of benzene rings is 1. The molecule has 88 valence electrons. The van der Waals surface area contributed by atoms with Gasteiger partial charge in [-0.1, -0.05) is 12.1 Å². The second-order valence-electron chi connectivity index (χ2n) is 4.02. The average molecular weight is 228 g/mol. The van der Waals surface area contributed by atoms with Crippen LogP contribution in [-0.2, 0) is 6.61 Å². The first kappa shape index (κ1) is 11.5. The highest BCUT2D eigenvalue weighted by Gasteiger charge is 2.05. The average Bonchev–Trinajstić information content (AvgIpc) is 2.30. The third-order valence-electron chi connectivity index (χ3n) is 2.78. The molecule has 1 heterocycles. The van der Waals surface area contributed by atoms with Crippen LogP contribution in [0.5, 0.6) is 5.75 Å². The van der Waals surface area contributed by atoms with Crippen LogP contribution in [0.3, 0.4) is 0 Å².